The van der Waals surface area contributed by atoms with Gasteiger partial charge in [0.1, 0.15) is 11.8 Å². The van der Waals surface area contributed by atoms with Crippen LogP contribution in [0.25, 0.3) is 66.5 Å². The topological polar surface area (TPSA) is 385 Å². The first-order chi connectivity index (χ1) is 44.0. The summed E-state index contributed by atoms with van der Waals surface area (Å²) in [4.78, 5) is 80.3. The molecule has 0 saturated carbocycles. The number of rotatable bonds is 12. The zero-order chi connectivity index (χ0) is 64.3. The Hall–Kier alpha value is -11.5. The zero-order valence-corrected chi connectivity index (χ0v) is 50.3. The molecule has 27 nitrogen and oxygen atoms in total. The second-order valence-electron chi connectivity index (χ2n) is 20.5. The third kappa shape index (κ3) is 15.7. The third-order valence-electron chi connectivity index (χ3n) is 14.0. The molecule has 9 heterocycles. The number of anilines is 3. The number of alkyl halides is 2. The first-order valence-corrected chi connectivity index (χ1v) is 28.8. The van der Waals surface area contributed by atoms with Crippen molar-refractivity contribution in [2.75, 3.05) is 34.7 Å². The maximum atomic E-state index is 12.6. The Morgan fingerprint density at radius 1 is 0.538 bits per heavy atom. The number of aromatic nitrogens is 9. The number of nitrogens with one attached hydrogen (secondary N) is 9. The van der Waals surface area contributed by atoms with Crippen LogP contribution < -0.4 is 43.7 Å². The van der Waals surface area contributed by atoms with Crippen LogP contribution in [0.5, 0.6) is 0 Å². The Morgan fingerprint density at radius 2 is 0.914 bits per heavy atom. The highest BCUT2D eigenvalue weighted by atomic mass is 35.5. The molecule has 0 spiro atoms. The number of nitrogens with zero attached hydrogens (tertiary/aromatic N) is 9. The molecule has 3 aliphatic heterocycles. The quantitative estimate of drug-likeness (QED) is 0.0406. The maximum absolute atomic E-state index is 12.6. The lowest BCUT2D eigenvalue weighted by atomic mass is 10.0. The van der Waals surface area contributed by atoms with Gasteiger partial charge in [0.25, 0.3) is 17.7 Å². The van der Waals surface area contributed by atoms with Crippen LogP contribution in [-0.4, -0.2) is 122 Å². The molecule has 5 aromatic carbocycles. The molecule has 0 unspecified atom stereocenters. The van der Waals surface area contributed by atoms with Crippen molar-refractivity contribution in [3.8, 4) is 33.8 Å². The van der Waals surface area contributed by atoms with Gasteiger partial charge in [0.2, 0.25) is 11.8 Å². The van der Waals surface area contributed by atoms with Crippen LogP contribution in [0.3, 0.4) is 0 Å². The number of aromatic amines is 3. The minimum absolute atomic E-state index is 0. The van der Waals surface area contributed by atoms with Crippen LogP contribution in [0.15, 0.2) is 150 Å². The standard InChI is InChI=1S/C23H21N7O2.C16H13ClN6O2.C14H12N6O.C7H9N.C2H3ClO2.2CH4/c1-30-13-15(10-26-30)22-18-11-25-29-23(32)17-7-16(8-19(28-22)21(17)18)27-20(31)12-24-9-14-5-3-2-4-6-14;1-23-7-8(5-19-23)15-11-6-18-22-16(25)10-2-9(20-13(24)4-17)3-12(21-15)14(10)11;1-20-6-7(4-17-20)13-10-5-16-19-14(21)9-2-8(15)3-11(18-13)12(9)10;8-6-7-4-2-1-3-5-7;3-1-2(4)5;;/h2-8,10-11,13,24,28H,9,12H2,1H3,(H,27,31)(H,29,32);2-3,5-7,21H,4H2,1H3,(H,20,24)(H,22,25);2-6,18H,15H2,1H3,(H,19,21);1-5H,6,8H2;1H2,(H,4,5);2*1H4. The molecule has 0 bridgehead atoms. The minimum atomic E-state index is -0.980. The summed E-state index contributed by atoms with van der Waals surface area (Å²) in [5, 5.41) is 43.2. The lowest BCUT2D eigenvalue weighted by Crippen LogP contribution is -2.27. The molecule has 14 N–H and O–H groups in total. The van der Waals surface area contributed by atoms with Gasteiger partial charge in [-0.05, 0) is 47.5 Å². The fraction of sp³-hybridized carbons (Fsp3) is 0.156. The molecule has 6 aromatic heterocycles. The lowest BCUT2D eigenvalue weighted by Gasteiger charge is -2.09. The van der Waals surface area contributed by atoms with E-state index in [9.17, 15) is 28.8 Å². The Balaban J connectivity index is 0.000000164. The highest BCUT2D eigenvalue weighted by Crippen LogP contribution is 2.37. The Labute approximate surface area is 541 Å². The Morgan fingerprint density at radius 3 is 1.27 bits per heavy atom. The first-order valence-electron chi connectivity index (χ1n) is 27.7. The van der Waals surface area contributed by atoms with Crippen LogP contribution in [0.4, 0.5) is 17.1 Å². The van der Waals surface area contributed by atoms with Crippen molar-refractivity contribution < 1.29 is 33.9 Å². The van der Waals surface area contributed by atoms with Crippen molar-refractivity contribution in [3.05, 3.63) is 179 Å². The number of benzene rings is 5. The van der Waals surface area contributed by atoms with Crippen LogP contribution in [0.2, 0.25) is 0 Å². The normalized spacial score (nSPS) is 12.0. The van der Waals surface area contributed by atoms with Gasteiger partial charge >= 0.3 is 5.97 Å². The molecule has 29 heteroatoms. The number of hydrazone groups is 3. The fourth-order valence-electron chi connectivity index (χ4n) is 10.1. The summed E-state index contributed by atoms with van der Waals surface area (Å²) < 4.78 is 5.12. The summed E-state index contributed by atoms with van der Waals surface area (Å²) in [5.41, 5.74) is 33.7. The van der Waals surface area contributed by atoms with Crippen LogP contribution >= 0.6 is 23.2 Å². The van der Waals surface area contributed by atoms with E-state index >= 15 is 0 Å². The molecule has 3 aliphatic rings. The number of carboxylic acid groups (broad SMARTS) is 1. The molecular weight excluding hydrogens is 1230 g/mol. The molecule has 93 heavy (non-hydrogen) atoms. The molecule has 11 aromatic rings. The summed E-state index contributed by atoms with van der Waals surface area (Å²) in [7, 11) is 5.52. The molecular formula is C64H66Cl2N20O7. The molecule has 0 aliphatic carbocycles. The van der Waals surface area contributed by atoms with Crippen molar-refractivity contribution in [1.29, 1.82) is 0 Å². The van der Waals surface area contributed by atoms with E-state index in [0.29, 0.717) is 52.4 Å². The molecule has 14 rings (SSSR count). The van der Waals surface area contributed by atoms with Gasteiger partial charge < -0.3 is 47.5 Å². The van der Waals surface area contributed by atoms with Crippen molar-refractivity contribution in [2.24, 2.45) is 42.2 Å². The van der Waals surface area contributed by atoms with E-state index in [4.69, 9.17) is 39.8 Å². The van der Waals surface area contributed by atoms with Crippen molar-refractivity contribution in [1.82, 2.24) is 65.9 Å². The lowest BCUT2D eigenvalue weighted by molar-refractivity contribution is -0.134. The molecule has 0 atom stereocenters. The predicted molar refractivity (Wildman–Crippen MR) is 363 cm³/mol. The summed E-state index contributed by atoms with van der Waals surface area (Å²) >= 11 is 10.3. The summed E-state index contributed by atoms with van der Waals surface area (Å²) in [6, 6.07) is 30.2. The number of hydrogen-bond donors (Lipinski definition) is 12. The number of aliphatic carboxylic acids is 1. The number of hydrogen-bond acceptors (Lipinski definition) is 15. The van der Waals surface area contributed by atoms with Crippen LogP contribution in [0, 0.1) is 0 Å². The van der Waals surface area contributed by atoms with Crippen LogP contribution in [-0.2, 0) is 48.6 Å². The van der Waals surface area contributed by atoms with E-state index in [1.165, 1.54) is 5.56 Å². The van der Waals surface area contributed by atoms with Crippen molar-refractivity contribution in [2.45, 2.75) is 27.9 Å². The van der Waals surface area contributed by atoms with Gasteiger partial charge in [-0.2, -0.15) is 30.6 Å². The molecule has 0 fully saturated rings. The second-order valence-corrected chi connectivity index (χ2v) is 21.0. The van der Waals surface area contributed by atoms with Gasteiger partial charge in [-0.3, -0.25) is 42.8 Å². The van der Waals surface area contributed by atoms with E-state index in [1.807, 2.05) is 113 Å². The van der Waals surface area contributed by atoms with E-state index in [1.54, 1.807) is 75.5 Å². The minimum Gasteiger partial charge on any atom is -0.480 e. The molecule has 5 amide bonds. The fourth-order valence-corrected chi connectivity index (χ4v) is 10.1. The third-order valence-corrected chi connectivity index (χ3v) is 14.4. The van der Waals surface area contributed by atoms with Crippen molar-refractivity contribution >= 4 is 127 Å². The number of amides is 5. The Bertz CT molecular complexity index is 4650. The molecule has 478 valence electrons. The smallest absolute Gasteiger partial charge is 0.318 e. The number of nitrogens with two attached hydrogens (primary N) is 2. The number of halogens is 2. The summed E-state index contributed by atoms with van der Waals surface area (Å²) in [5.74, 6) is -2.95. The summed E-state index contributed by atoms with van der Waals surface area (Å²) in [6.07, 6.45) is 15.8. The second kappa shape index (κ2) is 30.3. The molecule has 0 radical (unpaired) electrons. The monoisotopic (exact) mass is 1300 g/mol. The first kappa shape index (κ1) is 67.4. The van der Waals surface area contributed by atoms with Gasteiger partial charge in [0.15, 0.2) is 0 Å². The number of nitrogen functional groups attached to an aromatic ring is 1. The van der Waals surface area contributed by atoms with Gasteiger partial charge in [0.05, 0.1) is 77.6 Å². The van der Waals surface area contributed by atoms with Gasteiger partial charge in [0, 0.05) is 136 Å². The number of carboxylic acids is 1. The number of carbonyl (C=O) groups excluding carboxylic acids is 5. The predicted octanol–water partition coefficient (Wildman–Crippen LogP) is 8.15. The van der Waals surface area contributed by atoms with Gasteiger partial charge in [-0.15, -0.1) is 23.2 Å². The van der Waals surface area contributed by atoms with Gasteiger partial charge in [-0.1, -0.05) is 75.5 Å². The SMILES string of the molecule is C.C.Cn1cc(-c2[nH]c3cc(N)cc4c3c2C=NNC4=O)cn1.Cn1cc(-c2[nH]c3cc(NC(=O)CCl)cc4c3c2C=NNC4=O)cn1.Cn1cc(-c2[nH]c3cc(NC(=O)CNCc4ccccc4)cc4c3c2C=NNC4=O)cn1.NCc1ccccc1.O=C(O)CCl. The average Bonchev–Trinajstić information content (AvgIpc) is 1.63. The van der Waals surface area contributed by atoms with Crippen molar-refractivity contribution in [3.63, 3.8) is 0 Å². The number of carbonyl (C=O) groups is 6. The maximum Gasteiger partial charge on any atom is 0.318 e. The zero-order valence-electron chi connectivity index (χ0n) is 48.8. The van der Waals surface area contributed by atoms with Crippen LogP contribution in [0.1, 0.15) is 73.7 Å². The Kier molecular flexibility index (Phi) is 22.0. The van der Waals surface area contributed by atoms with E-state index < -0.39 is 5.97 Å². The van der Waals surface area contributed by atoms with Gasteiger partial charge in [-0.25, -0.2) is 16.3 Å². The number of H-pyrrole nitrogens is 3. The van der Waals surface area contributed by atoms with E-state index in [-0.39, 0.29) is 62.7 Å². The summed E-state index contributed by atoms with van der Waals surface area (Å²) in [6.45, 7) is 1.38. The largest absolute Gasteiger partial charge is 0.480 e. The van der Waals surface area contributed by atoms with E-state index in [0.717, 1.165) is 83.2 Å². The average molecular weight is 1300 g/mol. The highest BCUT2D eigenvalue weighted by Gasteiger charge is 2.26. The molecule has 0 saturated heterocycles. The highest BCUT2D eigenvalue weighted by molar-refractivity contribution is 6.29. The number of aryl methyl sites for hydroxylation is 3. The van der Waals surface area contributed by atoms with E-state index in [2.05, 4.69) is 77.8 Å².